The standard InChI is InChI=1S/C13H16ClN3O/c1-7(2)8-4-9(12(18)11(14)5-8)10-6-16-17(3)13(10)15/h4-7,18H,15H2,1-3H3. The quantitative estimate of drug-likeness (QED) is 0.877. The van der Waals surface area contributed by atoms with E-state index in [0.29, 0.717) is 27.9 Å². The van der Waals surface area contributed by atoms with Crippen LogP contribution in [0.3, 0.4) is 0 Å². The topological polar surface area (TPSA) is 64.1 Å². The Labute approximate surface area is 111 Å². The van der Waals surface area contributed by atoms with Crippen LogP contribution in [-0.4, -0.2) is 14.9 Å². The molecule has 0 unspecified atom stereocenters. The summed E-state index contributed by atoms with van der Waals surface area (Å²) in [6.07, 6.45) is 1.63. The van der Waals surface area contributed by atoms with Crippen molar-refractivity contribution < 1.29 is 5.11 Å². The molecule has 0 saturated carbocycles. The second-order valence-corrected chi connectivity index (χ2v) is 5.03. The van der Waals surface area contributed by atoms with Gasteiger partial charge in [0.15, 0.2) is 0 Å². The minimum atomic E-state index is 0.0424. The van der Waals surface area contributed by atoms with Gasteiger partial charge in [0.25, 0.3) is 0 Å². The highest BCUT2D eigenvalue weighted by Crippen LogP contribution is 2.40. The van der Waals surface area contributed by atoms with Crippen LogP contribution in [-0.2, 0) is 7.05 Å². The lowest BCUT2D eigenvalue weighted by Crippen LogP contribution is -1.98. The van der Waals surface area contributed by atoms with Crippen molar-refractivity contribution in [2.75, 3.05) is 5.73 Å². The zero-order chi connectivity index (χ0) is 13.4. The number of hydrogen-bond acceptors (Lipinski definition) is 3. The van der Waals surface area contributed by atoms with E-state index in [0.717, 1.165) is 5.56 Å². The van der Waals surface area contributed by atoms with Gasteiger partial charge < -0.3 is 10.8 Å². The van der Waals surface area contributed by atoms with E-state index in [1.54, 1.807) is 24.0 Å². The van der Waals surface area contributed by atoms with Crippen LogP contribution in [0.15, 0.2) is 18.3 Å². The van der Waals surface area contributed by atoms with Gasteiger partial charge in [-0.3, -0.25) is 4.68 Å². The third kappa shape index (κ3) is 2.04. The predicted octanol–water partition coefficient (Wildman–Crippen LogP) is 3.15. The van der Waals surface area contributed by atoms with Crippen LogP contribution in [0.1, 0.15) is 25.3 Å². The van der Waals surface area contributed by atoms with Gasteiger partial charge in [-0.2, -0.15) is 5.10 Å². The van der Waals surface area contributed by atoms with Gasteiger partial charge in [-0.1, -0.05) is 25.4 Å². The van der Waals surface area contributed by atoms with Gasteiger partial charge in [-0.25, -0.2) is 0 Å². The molecule has 0 aliphatic carbocycles. The second-order valence-electron chi connectivity index (χ2n) is 4.62. The van der Waals surface area contributed by atoms with E-state index in [1.165, 1.54) is 0 Å². The van der Waals surface area contributed by atoms with Gasteiger partial charge in [0.2, 0.25) is 0 Å². The first-order chi connectivity index (χ1) is 8.41. The number of rotatable bonds is 2. The molecular formula is C13H16ClN3O. The van der Waals surface area contributed by atoms with Crippen LogP contribution in [0.5, 0.6) is 5.75 Å². The zero-order valence-corrected chi connectivity index (χ0v) is 11.4. The highest BCUT2D eigenvalue weighted by atomic mass is 35.5. The molecule has 0 aliphatic heterocycles. The molecule has 0 amide bonds. The number of nitrogens with two attached hydrogens (primary N) is 1. The Morgan fingerprint density at radius 1 is 1.33 bits per heavy atom. The van der Waals surface area contributed by atoms with E-state index in [-0.39, 0.29) is 5.75 Å². The maximum Gasteiger partial charge on any atom is 0.142 e. The first kappa shape index (κ1) is 12.8. The highest BCUT2D eigenvalue weighted by Gasteiger charge is 2.16. The smallest absolute Gasteiger partial charge is 0.142 e. The van der Waals surface area contributed by atoms with Crippen LogP contribution in [0.2, 0.25) is 5.02 Å². The minimum absolute atomic E-state index is 0.0424. The zero-order valence-electron chi connectivity index (χ0n) is 10.6. The fourth-order valence-electron chi connectivity index (χ4n) is 1.81. The molecule has 0 atom stereocenters. The van der Waals surface area contributed by atoms with Crippen molar-refractivity contribution in [2.45, 2.75) is 19.8 Å². The number of halogens is 1. The lowest BCUT2D eigenvalue weighted by molar-refractivity contribution is 0.477. The molecule has 96 valence electrons. The predicted molar refractivity (Wildman–Crippen MR) is 73.8 cm³/mol. The Kier molecular flexibility index (Phi) is 3.22. The largest absolute Gasteiger partial charge is 0.506 e. The molecule has 0 spiro atoms. The molecule has 1 aromatic carbocycles. The fourth-order valence-corrected chi connectivity index (χ4v) is 2.04. The Hall–Kier alpha value is -1.68. The molecule has 1 aromatic heterocycles. The Morgan fingerprint density at radius 2 is 2.00 bits per heavy atom. The summed E-state index contributed by atoms with van der Waals surface area (Å²) in [4.78, 5) is 0. The van der Waals surface area contributed by atoms with Gasteiger partial charge in [0.05, 0.1) is 11.2 Å². The molecular weight excluding hydrogens is 250 g/mol. The van der Waals surface area contributed by atoms with Crippen molar-refractivity contribution in [2.24, 2.45) is 7.05 Å². The van der Waals surface area contributed by atoms with Crippen molar-refractivity contribution in [3.63, 3.8) is 0 Å². The summed E-state index contributed by atoms with van der Waals surface area (Å²) in [5.74, 6) is 0.864. The van der Waals surface area contributed by atoms with Crippen LogP contribution in [0.4, 0.5) is 5.82 Å². The minimum Gasteiger partial charge on any atom is -0.506 e. The van der Waals surface area contributed by atoms with Gasteiger partial charge in [0, 0.05) is 18.2 Å². The first-order valence-electron chi connectivity index (χ1n) is 5.72. The van der Waals surface area contributed by atoms with E-state index in [1.807, 2.05) is 6.07 Å². The lowest BCUT2D eigenvalue weighted by atomic mass is 9.97. The molecule has 2 rings (SSSR count). The molecule has 0 aliphatic rings. The summed E-state index contributed by atoms with van der Waals surface area (Å²) in [6.45, 7) is 4.14. The fraction of sp³-hybridized carbons (Fsp3) is 0.308. The summed E-state index contributed by atoms with van der Waals surface area (Å²) in [5.41, 5.74) is 8.29. The van der Waals surface area contributed by atoms with Crippen molar-refractivity contribution in [1.29, 1.82) is 0 Å². The number of anilines is 1. The Balaban J connectivity index is 2.67. The lowest BCUT2D eigenvalue weighted by Gasteiger charge is -2.11. The third-order valence-corrected chi connectivity index (χ3v) is 3.32. The summed E-state index contributed by atoms with van der Waals surface area (Å²) < 4.78 is 1.56. The summed E-state index contributed by atoms with van der Waals surface area (Å²) in [7, 11) is 1.75. The first-order valence-corrected chi connectivity index (χ1v) is 6.09. The number of nitrogens with zero attached hydrogens (tertiary/aromatic N) is 2. The SMILES string of the molecule is CC(C)c1cc(Cl)c(O)c(-c2cnn(C)c2N)c1. The van der Waals surface area contributed by atoms with Gasteiger partial charge >= 0.3 is 0 Å². The summed E-state index contributed by atoms with van der Waals surface area (Å²) >= 11 is 6.05. The average molecular weight is 266 g/mol. The number of phenols is 1. The monoisotopic (exact) mass is 265 g/mol. The highest BCUT2D eigenvalue weighted by molar-refractivity contribution is 6.32. The number of hydrogen-bond donors (Lipinski definition) is 2. The number of phenolic OH excluding ortho intramolecular Hbond substituents is 1. The van der Waals surface area contributed by atoms with E-state index in [9.17, 15) is 5.11 Å². The molecule has 18 heavy (non-hydrogen) atoms. The maximum absolute atomic E-state index is 10.1. The number of aromatic nitrogens is 2. The molecule has 5 heteroatoms. The Morgan fingerprint density at radius 3 is 2.50 bits per heavy atom. The van der Waals surface area contributed by atoms with Gasteiger partial charge in [0.1, 0.15) is 11.6 Å². The molecule has 0 bridgehead atoms. The molecule has 4 nitrogen and oxygen atoms in total. The van der Waals surface area contributed by atoms with E-state index >= 15 is 0 Å². The van der Waals surface area contributed by atoms with Crippen molar-refractivity contribution in [3.8, 4) is 16.9 Å². The normalized spacial score (nSPS) is 11.2. The number of aryl methyl sites for hydroxylation is 1. The van der Waals surface area contributed by atoms with Crippen LogP contribution in [0.25, 0.3) is 11.1 Å². The van der Waals surface area contributed by atoms with E-state index in [4.69, 9.17) is 17.3 Å². The molecule has 2 aromatic rings. The van der Waals surface area contributed by atoms with Crippen LogP contribution < -0.4 is 5.73 Å². The molecule has 3 N–H and O–H groups in total. The molecule has 0 saturated heterocycles. The maximum atomic E-state index is 10.1. The van der Waals surface area contributed by atoms with Crippen molar-refractivity contribution in [1.82, 2.24) is 9.78 Å². The molecule has 0 radical (unpaired) electrons. The average Bonchev–Trinajstić information content (AvgIpc) is 2.63. The van der Waals surface area contributed by atoms with Crippen LogP contribution in [0, 0.1) is 0 Å². The summed E-state index contributed by atoms with van der Waals surface area (Å²) in [5, 5.41) is 14.5. The Bertz CT molecular complexity index is 590. The molecule has 0 fully saturated rings. The number of aromatic hydroxyl groups is 1. The van der Waals surface area contributed by atoms with Crippen molar-refractivity contribution >= 4 is 17.4 Å². The van der Waals surface area contributed by atoms with Gasteiger partial charge in [-0.15, -0.1) is 0 Å². The van der Waals surface area contributed by atoms with E-state index in [2.05, 4.69) is 18.9 Å². The third-order valence-electron chi connectivity index (χ3n) is 3.03. The van der Waals surface area contributed by atoms with Crippen LogP contribution >= 0.6 is 11.6 Å². The van der Waals surface area contributed by atoms with Gasteiger partial charge in [-0.05, 0) is 23.6 Å². The number of nitrogen functional groups attached to an aromatic ring is 1. The number of benzene rings is 1. The second kappa shape index (κ2) is 4.53. The van der Waals surface area contributed by atoms with E-state index < -0.39 is 0 Å². The summed E-state index contributed by atoms with van der Waals surface area (Å²) in [6, 6.07) is 3.68. The van der Waals surface area contributed by atoms with Crippen molar-refractivity contribution in [3.05, 3.63) is 28.9 Å². The molecule has 1 heterocycles.